The number of amides is 2. The van der Waals surface area contributed by atoms with Crippen molar-refractivity contribution in [3.8, 4) is 5.75 Å². The Kier molecular flexibility index (Phi) is 6.31. The van der Waals surface area contributed by atoms with Gasteiger partial charge in [0.05, 0.1) is 6.61 Å². The van der Waals surface area contributed by atoms with E-state index < -0.39 is 0 Å². The average molecular weight is 280 g/mol. The van der Waals surface area contributed by atoms with Gasteiger partial charge >= 0.3 is 6.03 Å². The molecule has 0 bridgehead atoms. The monoisotopic (exact) mass is 280 g/mol. The van der Waals surface area contributed by atoms with Crippen LogP contribution in [0.5, 0.6) is 5.75 Å². The summed E-state index contributed by atoms with van der Waals surface area (Å²) in [5.41, 5.74) is 0.788. The summed E-state index contributed by atoms with van der Waals surface area (Å²) in [5.74, 6) is 0.796. The minimum absolute atomic E-state index is 0.169. The molecule has 0 aromatic heterocycles. The van der Waals surface area contributed by atoms with Crippen LogP contribution in [-0.4, -0.2) is 31.9 Å². The lowest BCUT2D eigenvalue weighted by Gasteiger charge is -2.20. The van der Waals surface area contributed by atoms with Crippen LogP contribution < -0.4 is 15.4 Å². The van der Waals surface area contributed by atoms with Crippen LogP contribution in [0.2, 0.25) is 0 Å². The Balaban J connectivity index is 2.36. The summed E-state index contributed by atoms with van der Waals surface area (Å²) in [5, 5.41) is 5.66. The number of benzene rings is 1. The number of carbonyl (C=O) groups excluding carboxylic acids is 1. The normalized spacial score (nSPS) is 11.0. The number of carbonyl (C=O) groups is 1. The van der Waals surface area contributed by atoms with Gasteiger partial charge in [-0.1, -0.05) is 12.1 Å². The van der Waals surface area contributed by atoms with Crippen molar-refractivity contribution in [3.05, 3.63) is 29.8 Å². The van der Waals surface area contributed by atoms with E-state index in [0.717, 1.165) is 11.3 Å². The fourth-order valence-corrected chi connectivity index (χ4v) is 1.51. The highest BCUT2D eigenvalue weighted by Crippen LogP contribution is 2.12. The van der Waals surface area contributed by atoms with Crippen molar-refractivity contribution in [2.75, 3.05) is 20.3 Å². The van der Waals surface area contributed by atoms with Crippen molar-refractivity contribution in [2.24, 2.45) is 0 Å². The second-order valence-corrected chi connectivity index (χ2v) is 5.54. The predicted molar refractivity (Wildman–Crippen MR) is 78.9 cm³/mol. The molecule has 1 aromatic rings. The lowest BCUT2D eigenvalue weighted by atomic mass is 10.1. The van der Waals surface area contributed by atoms with Gasteiger partial charge in [0.2, 0.25) is 0 Å². The molecule has 5 nitrogen and oxygen atoms in total. The molecule has 0 aliphatic heterocycles. The van der Waals surface area contributed by atoms with Gasteiger partial charge in [-0.15, -0.1) is 0 Å². The fraction of sp³-hybridized carbons (Fsp3) is 0.533. The zero-order valence-electron chi connectivity index (χ0n) is 12.7. The summed E-state index contributed by atoms with van der Waals surface area (Å²) < 4.78 is 10.4. The Labute approximate surface area is 120 Å². The second-order valence-electron chi connectivity index (χ2n) is 5.54. The molecule has 2 N–H and O–H groups in total. The van der Waals surface area contributed by atoms with Crippen molar-refractivity contribution in [1.82, 2.24) is 10.6 Å². The van der Waals surface area contributed by atoms with Crippen LogP contribution >= 0.6 is 0 Å². The zero-order chi connectivity index (χ0) is 15.0. The maximum absolute atomic E-state index is 11.6. The smallest absolute Gasteiger partial charge is 0.315 e. The maximum Gasteiger partial charge on any atom is 0.315 e. The van der Waals surface area contributed by atoms with Gasteiger partial charge in [0.1, 0.15) is 12.4 Å². The molecular formula is C15H24N2O3. The number of rotatable bonds is 6. The van der Waals surface area contributed by atoms with Gasteiger partial charge in [0, 0.05) is 19.2 Å². The van der Waals surface area contributed by atoms with Crippen LogP contribution in [0.25, 0.3) is 0 Å². The summed E-state index contributed by atoms with van der Waals surface area (Å²) in [6.45, 7) is 7.41. The third-order valence-electron chi connectivity index (χ3n) is 2.42. The Morgan fingerprint density at radius 3 is 2.35 bits per heavy atom. The molecule has 1 rings (SSSR count). The van der Waals surface area contributed by atoms with Crippen molar-refractivity contribution in [2.45, 2.75) is 32.9 Å². The molecular weight excluding hydrogens is 256 g/mol. The van der Waals surface area contributed by atoms with Gasteiger partial charge < -0.3 is 20.1 Å². The van der Waals surface area contributed by atoms with Gasteiger partial charge in [0.25, 0.3) is 0 Å². The molecule has 0 radical (unpaired) electrons. The average Bonchev–Trinajstić information content (AvgIpc) is 2.36. The Morgan fingerprint density at radius 1 is 1.15 bits per heavy atom. The van der Waals surface area contributed by atoms with Crippen LogP contribution in [0.15, 0.2) is 24.3 Å². The molecule has 0 saturated heterocycles. The molecule has 0 atom stereocenters. The van der Waals surface area contributed by atoms with Crippen LogP contribution in [-0.2, 0) is 11.3 Å². The number of hydrogen-bond acceptors (Lipinski definition) is 3. The molecule has 1 aromatic carbocycles. The summed E-state index contributed by atoms with van der Waals surface area (Å²) in [4.78, 5) is 11.6. The molecule has 2 amide bonds. The van der Waals surface area contributed by atoms with Gasteiger partial charge in [-0.2, -0.15) is 0 Å². The Bertz CT molecular complexity index is 410. The summed E-state index contributed by atoms with van der Waals surface area (Å²) in [6.07, 6.45) is 0. The molecule has 0 aliphatic rings. The third kappa shape index (κ3) is 6.99. The predicted octanol–water partition coefficient (Wildman–Crippen LogP) is 2.31. The lowest BCUT2D eigenvalue weighted by Crippen LogP contribution is -2.46. The van der Waals surface area contributed by atoms with Crippen molar-refractivity contribution in [1.29, 1.82) is 0 Å². The van der Waals surface area contributed by atoms with E-state index in [2.05, 4.69) is 10.6 Å². The van der Waals surface area contributed by atoms with Gasteiger partial charge in [0.15, 0.2) is 0 Å². The topological polar surface area (TPSA) is 59.6 Å². The highest BCUT2D eigenvalue weighted by molar-refractivity contribution is 5.74. The fourth-order valence-electron chi connectivity index (χ4n) is 1.51. The molecule has 0 saturated carbocycles. The van der Waals surface area contributed by atoms with Crippen molar-refractivity contribution in [3.63, 3.8) is 0 Å². The Hall–Kier alpha value is -1.75. The summed E-state index contributed by atoms with van der Waals surface area (Å²) in [7, 11) is 1.64. The van der Waals surface area contributed by atoms with Gasteiger partial charge in [-0.3, -0.25) is 0 Å². The minimum atomic E-state index is -0.233. The van der Waals surface area contributed by atoms with Gasteiger partial charge in [-0.05, 0) is 38.5 Å². The SMILES string of the molecule is COCCOc1ccc(CNC(=O)NC(C)(C)C)cc1. The molecule has 0 heterocycles. The quantitative estimate of drug-likeness (QED) is 0.786. The van der Waals surface area contributed by atoms with E-state index in [4.69, 9.17) is 9.47 Å². The lowest BCUT2D eigenvalue weighted by molar-refractivity contribution is 0.146. The van der Waals surface area contributed by atoms with E-state index in [1.54, 1.807) is 7.11 Å². The molecule has 0 aliphatic carbocycles. The number of methoxy groups -OCH3 is 1. The first-order chi connectivity index (χ1) is 9.40. The standard InChI is InChI=1S/C15H24N2O3/c1-15(2,3)17-14(18)16-11-12-5-7-13(8-6-12)20-10-9-19-4/h5-8H,9-11H2,1-4H3,(H2,16,17,18). The van der Waals surface area contributed by atoms with Crippen molar-refractivity contribution < 1.29 is 14.3 Å². The first-order valence-corrected chi connectivity index (χ1v) is 6.67. The summed E-state index contributed by atoms with van der Waals surface area (Å²) >= 11 is 0. The third-order valence-corrected chi connectivity index (χ3v) is 2.42. The summed E-state index contributed by atoms with van der Waals surface area (Å²) in [6, 6.07) is 7.46. The second kappa shape index (κ2) is 7.75. The van der Waals surface area contributed by atoms with E-state index in [1.807, 2.05) is 45.0 Å². The number of hydrogen-bond donors (Lipinski definition) is 2. The first kappa shape index (κ1) is 16.3. The van der Waals surface area contributed by atoms with E-state index in [-0.39, 0.29) is 11.6 Å². The number of ether oxygens (including phenoxy) is 2. The van der Waals surface area contributed by atoms with E-state index in [9.17, 15) is 4.79 Å². The molecule has 20 heavy (non-hydrogen) atoms. The Morgan fingerprint density at radius 2 is 1.80 bits per heavy atom. The van der Waals surface area contributed by atoms with E-state index >= 15 is 0 Å². The number of urea groups is 1. The highest BCUT2D eigenvalue weighted by atomic mass is 16.5. The van der Waals surface area contributed by atoms with Crippen LogP contribution in [0.1, 0.15) is 26.3 Å². The highest BCUT2D eigenvalue weighted by Gasteiger charge is 2.12. The molecule has 0 fully saturated rings. The first-order valence-electron chi connectivity index (χ1n) is 6.67. The van der Waals surface area contributed by atoms with E-state index in [0.29, 0.717) is 19.8 Å². The van der Waals surface area contributed by atoms with E-state index in [1.165, 1.54) is 0 Å². The number of nitrogens with one attached hydrogen (secondary N) is 2. The minimum Gasteiger partial charge on any atom is -0.491 e. The largest absolute Gasteiger partial charge is 0.491 e. The van der Waals surface area contributed by atoms with Crippen LogP contribution in [0.4, 0.5) is 4.79 Å². The van der Waals surface area contributed by atoms with Crippen molar-refractivity contribution >= 4 is 6.03 Å². The van der Waals surface area contributed by atoms with Crippen LogP contribution in [0, 0.1) is 0 Å². The molecule has 5 heteroatoms. The maximum atomic E-state index is 11.6. The van der Waals surface area contributed by atoms with Gasteiger partial charge in [-0.25, -0.2) is 4.79 Å². The zero-order valence-corrected chi connectivity index (χ0v) is 12.7. The molecule has 0 spiro atoms. The van der Waals surface area contributed by atoms with Crippen LogP contribution in [0.3, 0.4) is 0 Å². The molecule has 112 valence electrons. The molecule has 0 unspecified atom stereocenters.